The Hall–Kier alpha value is -1.28. The molecule has 7 heteroatoms. The summed E-state index contributed by atoms with van der Waals surface area (Å²) in [6.07, 6.45) is 3.01. The first-order valence-corrected chi connectivity index (χ1v) is 8.91. The van der Waals surface area contributed by atoms with Crippen molar-refractivity contribution in [2.24, 2.45) is 0 Å². The third kappa shape index (κ3) is 5.01. The fourth-order valence-corrected chi connectivity index (χ4v) is 3.00. The van der Waals surface area contributed by atoms with Crippen molar-refractivity contribution in [1.82, 2.24) is 15.0 Å². The molecule has 1 aromatic carbocycles. The number of hydrogen-bond acceptors (Lipinski definition) is 5. The van der Waals surface area contributed by atoms with Crippen LogP contribution in [0.2, 0.25) is 0 Å². The van der Waals surface area contributed by atoms with Gasteiger partial charge in [0.1, 0.15) is 5.01 Å². The fourth-order valence-electron chi connectivity index (χ4n) is 1.64. The van der Waals surface area contributed by atoms with Gasteiger partial charge in [-0.3, -0.25) is 0 Å². The Kier molecular flexibility index (Phi) is 5.24. The zero-order valence-corrected chi connectivity index (χ0v) is 12.8. The van der Waals surface area contributed by atoms with E-state index in [1.165, 1.54) is 0 Å². The molecule has 0 aliphatic rings. The first-order valence-electron chi connectivity index (χ1n) is 6.20. The molecule has 1 aromatic heterocycles. The fraction of sp³-hybridized carbons (Fsp3) is 0.308. The van der Waals surface area contributed by atoms with Gasteiger partial charge in [-0.15, -0.1) is 11.3 Å². The van der Waals surface area contributed by atoms with Crippen LogP contribution >= 0.6 is 11.3 Å². The van der Waals surface area contributed by atoms with Gasteiger partial charge in [0.05, 0.1) is 6.26 Å². The summed E-state index contributed by atoms with van der Waals surface area (Å²) in [5.74, 6) is 0. The second-order valence-electron chi connectivity index (χ2n) is 4.34. The largest absolute Gasteiger partial charge is 0.310 e. The normalized spacial score (nSPS) is 11.7. The van der Waals surface area contributed by atoms with Crippen molar-refractivity contribution >= 4 is 21.4 Å². The van der Waals surface area contributed by atoms with E-state index in [-0.39, 0.29) is 0 Å². The second kappa shape index (κ2) is 6.94. The highest BCUT2D eigenvalue weighted by atomic mass is 32.2. The third-order valence-corrected chi connectivity index (χ3v) is 4.31. The molecule has 0 unspecified atom stereocenters. The zero-order valence-electron chi connectivity index (χ0n) is 11.2. The average Bonchev–Trinajstić information content (AvgIpc) is 2.87. The van der Waals surface area contributed by atoms with Crippen LogP contribution in [-0.4, -0.2) is 32.7 Å². The number of hydrogen-bond donors (Lipinski definition) is 2. The highest BCUT2D eigenvalue weighted by Crippen LogP contribution is 2.24. The molecule has 108 valence electrons. The molecule has 20 heavy (non-hydrogen) atoms. The molecule has 0 saturated heterocycles. The van der Waals surface area contributed by atoms with Gasteiger partial charge >= 0.3 is 0 Å². The minimum absolute atomic E-state index is 0.392. The number of sulfonamides is 1. The van der Waals surface area contributed by atoms with Gasteiger partial charge in [0, 0.05) is 36.3 Å². The molecule has 2 N–H and O–H groups in total. The molecule has 0 radical (unpaired) electrons. The van der Waals surface area contributed by atoms with E-state index in [2.05, 4.69) is 15.0 Å². The van der Waals surface area contributed by atoms with Crippen molar-refractivity contribution in [2.45, 2.75) is 6.54 Å². The number of nitrogens with zero attached hydrogens (tertiary/aromatic N) is 1. The lowest BCUT2D eigenvalue weighted by Gasteiger charge is -2.03. The van der Waals surface area contributed by atoms with Crippen molar-refractivity contribution < 1.29 is 8.42 Å². The SMILES string of the molecule is CS(=O)(=O)NCCNCc1cnc(-c2ccccc2)s1. The lowest BCUT2D eigenvalue weighted by molar-refractivity contribution is 0.582. The highest BCUT2D eigenvalue weighted by molar-refractivity contribution is 7.88. The Bertz CT molecular complexity index is 639. The monoisotopic (exact) mass is 311 g/mol. The van der Waals surface area contributed by atoms with Crippen LogP contribution in [0.4, 0.5) is 0 Å². The van der Waals surface area contributed by atoms with Crippen molar-refractivity contribution in [3.05, 3.63) is 41.4 Å². The quantitative estimate of drug-likeness (QED) is 0.759. The Morgan fingerprint density at radius 3 is 2.65 bits per heavy atom. The lowest BCUT2D eigenvalue weighted by atomic mass is 10.2. The molecular weight excluding hydrogens is 294 g/mol. The van der Waals surface area contributed by atoms with E-state index in [0.717, 1.165) is 21.7 Å². The van der Waals surface area contributed by atoms with E-state index in [1.807, 2.05) is 36.5 Å². The molecule has 0 amide bonds. The number of benzene rings is 1. The number of aromatic nitrogens is 1. The van der Waals surface area contributed by atoms with Crippen LogP contribution in [0.15, 0.2) is 36.5 Å². The van der Waals surface area contributed by atoms with Gasteiger partial charge in [-0.2, -0.15) is 0 Å². The van der Waals surface area contributed by atoms with Crippen molar-refractivity contribution in [1.29, 1.82) is 0 Å². The van der Waals surface area contributed by atoms with Crippen LogP contribution in [0.5, 0.6) is 0 Å². The Morgan fingerprint density at radius 1 is 1.20 bits per heavy atom. The van der Waals surface area contributed by atoms with E-state index < -0.39 is 10.0 Å². The summed E-state index contributed by atoms with van der Waals surface area (Å²) >= 11 is 1.64. The molecule has 1 heterocycles. The standard InChI is InChI=1S/C13H17N3O2S2/c1-20(17,18)16-8-7-14-9-12-10-15-13(19-12)11-5-3-2-4-6-11/h2-6,10,14,16H,7-9H2,1H3. The Labute approximate surface area is 123 Å². The summed E-state index contributed by atoms with van der Waals surface area (Å²) in [5.41, 5.74) is 1.11. The maximum absolute atomic E-state index is 10.9. The van der Waals surface area contributed by atoms with E-state index in [4.69, 9.17) is 0 Å². The summed E-state index contributed by atoms with van der Waals surface area (Å²) in [6, 6.07) is 10.0. The van der Waals surface area contributed by atoms with E-state index in [1.54, 1.807) is 11.3 Å². The summed E-state index contributed by atoms with van der Waals surface area (Å²) < 4.78 is 24.2. The molecule has 0 atom stereocenters. The van der Waals surface area contributed by atoms with Gasteiger partial charge in [0.25, 0.3) is 0 Å². The minimum Gasteiger partial charge on any atom is -0.310 e. The molecule has 0 spiro atoms. The molecule has 0 aliphatic carbocycles. The van der Waals surface area contributed by atoms with Gasteiger partial charge in [-0.05, 0) is 0 Å². The van der Waals surface area contributed by atoms with Gasteiger partial charge < -0.3 is 5.32 Å². The van der Waals surface area contributed by atoms with Crippen molar-refractivity contribution in [3.8, 4) is 10.6 Å². The maximum atomic E-state index is 10.9. The van der Waals surface area contributed by atoms with Crippen LogP contribution in [-0.2, 0) is 16.6 Å². The van der Waals surface area contributed by atoms with Crippen LogP contribution in [0.25, 0.3) is 10.6 Å². The second-order valence-corrected chi connectivity index (χ2v) is 7.29. The Balaban J connectivity index is 1.79. The van der Waals surface area contributed by atoms with Crippen molar-refractivity contribution in [2.75, 3.05) is 19.3 Å². The topological polar surface area (TPSA) is 71.1 Å². The van der Waals surface area contributed by atoms with Crippen LogP contribution in [0, 0.1) is 0 Å². The summed E-state index contributed by atoms with van der Waals surface area (Å²) in [6.45, 7) is 1.67. The van der Waals surface area contributed by atoms with Crippen molar-refractivity contribution in [3.63, 3.8) is 0 Å². The van der Waals surface area contributed by atoms with E-state index >= 15 is 0 Å². The first-order chi connectivity index (χ1) is 9.54. The number of nitrogens with one attached hydrogen (secondary N) is 2. The van der Waals surface area contributed by atoms with Gasteiger partial charge in [-0.1, -0.05) is 30.3 Å². The Morgan fingerprint density at radius 2 is 1.95 bits per heavy atom. The first kappa shape index (κ1) is 15.1. The molecule has 2 aromatic rings. The van der Waals surface area contributed by atoms with Crippen LogP contribution in [0.1, 0.15) is 4.88 Å². The number of rotatable bonds is 7. The summed E-state index contributed by atoms with van der Waals surface area (Å²) in [5, 5.41) is 4.18. The van der Waals surface area contributed by atoms with Gasteiger partial charge in [-0.25, -0.2) is 18.1 Å². The third-order valence-electron chi connectivity index (χ3n) is 2.54. The molecule has 2 rings (SSSR count). The lowest BCUT2D eigenvalue weighted by Crippen LogP contribution is -2.30. The summed E-state index contributed by atoms with van der Waals surface area (Å²) in [7, 11) is -3.10. The predicted octanol–water partition coefficient (Wildman–Crippen LogP) is 1.45. The molecule has 0 saturated carbocycles. The van der Waals surface area contributed by atoms with E-state index in [0.29, 0.717) is 19.6 Å². The molecule has 0 fully saturated rings. The smallest absolute Gasteiger partial charge is 0.208 e. The number of thiazole rings is 1. The van der Waals surface area contributed by atoms with E-state index in [9.17, 15) is 8.42 Å². The zero-order chi connectivity index (χ0) is 14.4. The molecule has 0 bridgehead atoms. The molecule has 5 nitrogen and oxygen atoms in total. The van der Waals surface area contributed by atoms with Crippen LogP contribution in [0.3, 0.4) is 0 Å². The highest BCUT2D eigenvalue weighted by Gasteiger charge is 2.04. The summed E-state index contributed by atoms with van der Waals surface area (Å²) in [4.78, 5) is 5.52. The predicted molar refractivity (Wildman–Crippen MR) is 82.1 cm³/mol. The van der Waals surface area contributed by atoms with Gasteiger partial charge in [0.15, 0.2) is 0 Å². The van der Waals surface area contributed by atoms with Crippen LogP contribution < -0.4 is 10.0 Å². The average molecular weight is 311 g/mol. The molecular formula is C13H17N3O2S2. The minimum atomic E-state index is -3.10. The van der Waals surface area contributed by atoms with Gasteiger partial charge in [0.2, 0.25) is 10.0 Å². The molecule has 0 aliphatic heterocycles. The maximum Gasteiger partial charge on any atom is 0.208 e.